The molecular formula is C16H21F3N2O2. The molecule has 0 aliphatic carbocycles. The first-order chi connectivity index (χ1) is 10.8. The maximum absolute atomic E-state index is 13.0. The van der Waals surface area contributed by atoms with Crippen LogP contribution >= 0.6 is 0 Å². The van der Waals surface area contributed by atoms with Crippen molar-refractivity contribution in [2.45, 2.75) is 32.0 Å². The van der Waals surface area contributed by atoms with Crippen molar-refractivity contribution < 1.29 is 23.1 Å². The molecule has 1 fully saturated rings. The molecule has 0 bridgehead atoms. The van der Waals surface area contributed by atoms with Crippen molar-refractivity contribution in [3.63, 3.8) is 0 Å². The van der Waals surface area contributed by atoms with E-state index in [-0.39, 0.29) is 30.5 Å². The molecule has 0 aromatic heterocycles. The molecule has 7 heteroatoms. The van der Waals surface area contributed by atoms with E-state index in [2.05, 4.69) is 5.32 Å². The average molecular weight is 330 g/mol. The summed E-state index contributed by atoms with van der Waals surface area (Å²) in [4.78, 5) is 13.7. The minimum atomic E-state index is -4.40. The second-order valence-electron chi connectivity index (χ2n) is 5.99. The fourth-order valence-corrected chi connectivity index (χ4v) is 2.82. The number of nitrogens with zero attached hydrogens (tertiary/aromatic N) is 1. The molecule has 2 amide bonds. The highest BCUT2D eigenvalue weighted by molar-refractivity contribution is 5.74. The summed E-state index contributed by atoms with van der Waals surface area (Å²) >= 11 is 0. The third kappa shape index (κ3) is 4.60. The molecule has 0 spiro atoms. The lowest BCUT2D eigenvalue weighted by molar-refractivity contribution is -0.138. The Labute approximate surface area is 133 Å². The Morgan fingerprint density at radius 2 is 2.13 bits per heavy atom. The van der Waals surface area contributed by atoms with Gasteiger partial charge in [0.15, 0.2) is 0 Å². The number of carbonyl (C=O) groups excluding carboxylic acids is 1. The third-order valence-corrected chi connectivity index (χ3v) is 4.05. The van der Waals surface area contributed by atoms with Crippen LogP contribution in [0.2, 0.25) is 0 Å². The third-order valence-electron chi connectivity index (χ3n) is 4.05. The van der Waals surface area contributed by atoms with Crippen LogP contribution in [0.25, 0.3) is 0 Å². The summed E-state index contributed by atoms with van der Waals surface area (Å²) in [5.74, 6) is 0.0852. The van der Waals surface area contributed by atoms with Crippen molar-refractivity contribution in [1.82, 2.24) is 10.2 Å². The minimum Gasteiger partial charge on any atom is -0.396 e. The lowest BCUT2D eigenvalue weighted by atomic mass is 10.0. The fourth-order valence-electron chi connectivity index (χ4n) is 2.82. The van der Waals surface area contributed by atoms with E-state index in [1.165, 1.54) is 12.1 Å². The van der Waals surface area contributed by atoms with Crippen LogP contribution in [-0.4, -0.2) is 41.8 Å². The highest BCUT2D eigenvalue weighted by Gasteiger charge is 2.33. The number of aliphatic hydroxyl groups is 1. The van der Waals surface area contributed by atoms with Gasteiger partial charge in [-0.25, -0.2) is 4.79 Å². The highest BCUT2D eigenvalue weighted by atomic mass is 19.4. The minimum absolute atomic E-state index is 0.0400. The summed E-state index contributed by atoms with van der Waals surface area (Å²) in [6.07, 6.45) is -3.54. The van der Waals surface area contributed by atoms with E-state index in [4.69, 9.17) is 5.11 Å². The summed E-state index contributed by atoms with van der Waals surface area (Å²) in [6.45, 7) is 2.76. The van der Waals surface area contributed by atoms with Crippen LogP contribution in [0, 0.1) is 5.92 Å². The molecule has 0 saturated carbocycles. The molecule has 0 radical (unpaired) electrons. The van der Waals surface area contributed by atoms with E-state index in [9.17, 15) is 18.0 Å². The van der Waals surface area contributed by atoms with Crippen LogP contribution in [0.4, 0.5) is 18.0 Å². The standard InChI is InChI=1S/C16H21F3N2O2/c1-11(20-15(23)21-7-6-12(9-21)10-22)8-13-4-2-3-5-14(13)16(17,18)19/h2-5,11-12,22H,6-10H2,1H3,(H,20,23). The van der Waals surface area contributed by atoms with E-state index in [1.54, 1.807) is 17.9 Å². The zero-order valence-electron chi connectivity index (χ0n) is 12.9. The molecule has 1 aromatic rings. The number of urea groups is 1. The van der Waals surface area contributed by atoms with Gasteiger partial charge < -0.3 is 15.3 Å². The number of alkyl halides is 3. The van der Waals surface area contributed by atoms with Crippen molar-refractivity contribution in [2.24, 2.45) is 5.92 Å². The van der Waals surface area contributed by atoms with E-state index in [0.29, 0.717) is 13.1 Å². The Kier molecular flexibility index (Phi) is 5.51. The summed E-state index contributed by atoms with van der Waals surface area (Å²) in [5, 5.41) is 11.8. The summed E-state index contributed by atoms with van der Waals surface area (Å²) < 4.78 is 38.9. The van der Waals surface area contributed by atoms with Gasteiger partial charge in [-0.1, -0.05) is 18.2 Å². The first-order valence-electron chi connectivity index (χ1n) is 7.62. The van der Waals surface area contributed by atoms with Gasteiger partial charge in [-0.2, -0.15) is 13.2 Å². The smallest absolute Gasteiger partial charge is 0.396 e. The molecule has 2 rings (SSSR count). The maximum atomic E-state index is 13.0. The van der Waals surface area contributed by atoms with Crippen LogP contribution in [0.15, 0.2) is 24.3 Å². The predicted octanol–water partition coefficient (Wildman–Crippen LogP) is 2.66. The van der Waals surface area contributed by atoms with E-state index < -0.39 is 17.8 Å². The SMILES string of the molecule is CC(Cc1ccccc1C(F)(F)F)NC(=O)N1CCC(CO)C1. The van der Waals surface area contributed by atoms with Gasteiger partial charge >= 0.3 is 12.2 Å². The van der Waals surface area contributed by atoms with Crippen molar-refractivity contribution in [3.8, 4) is 0 Å². The second-order valence-corrected chi connectivity index (χ2v) is 5.99. The second kappa shape index (κ2) is 7.21. The molecule has 23 heavy (non-hydrogen) atoms. The molecule has 1 aliphatic heterocycles. The first kappa shape index (κ1) is 17.6. The normalized spacial score (nSPS) is 19.7. The molecule has 1 aliphatic rings. The van der Waals surface area contributed by atoms with Crippen molar-refractivity contribution >= 4 is 6.03 Å². The number of hydrogen-bond acceptors (Lipinski definition) is 2. The summed E-state index contributed by atoms with van der Waals surface area (Å²) in [5.41, 5.74) is -0.495. The van der Waals surface area contributed by atoms with E-state index in [0.717, 1.165) is 12.5 Å². The number of amides is 2. The monoisotopic (exact) mass is 330 g/mol. The molecule has 2 atom stereocenters. The average Bonchev–Trinajstić information content (AvgIpc) is 2.95. The summed E-state index contributed by atoms with van der Waals surface area (Å²) in [7, 11) is 0. The Hall–Kier alpha value is -1.76. The fraction of sp³-hybridized carbons (Fsp3) is 0.562. The number of hydrogen-bond donors (Lipinski definition) is 2. The van der Waals surface area contributed by atoms with Crippen molar-refractivity contribution in [3.05, 3.63) is 35.4 Å². The molecule has 4 nitrogen and oxygen atoms in total. The first-order valence-corrected chi connectivity index (χ1v) is 7.62. The van der Waals surface area contributed by atoms with E-state index >= 15 is 0 Å². The number of likely N-dealkylation sites (tertiary alicyclic amines) is 1. The Balaban J connectivity index is 1.95. The number of nitrogens with one attached hydrogen (secondary N) is 1. The Bertz CT molecular complexity index is 548. The zero-order valence-corrected chi connectivity index (χ0v) is 12.9. The van der Waals surface area contributed by atoms with Crippen molar-refractivity contribution in [1.29, 1.82) is 0 Å². The lowest BCUT2D eigenvalue weighted by Crippen LogP contribution is -2.43. The topological polar surface area (TPSA) is 52.6 Å². The van der Waals surface area contributed by atoms with Gasteiger partial charge in [0.25, 0.3) is 0 Å². The van der Waals surface area contributed by atoms with Crippen LogP contribution in [0.5, 0.6) is 0 Å². The molecule has 1 aromatic carbocycles. The van der Waals surface area contributed by atoms with Gasteiger partial charge in [-0.05, 0) is 31.4 Å². The van der Waals surface area contributed by atoms with Crippen LogP contribution in [0.3, 0.4) is 0 Å². The van der Waals surface area contributed by atoms with E-state index in [1.807, 2.05) is 0 Å². The van der Waals surface area contributed by atoms with Crippen LogP contribution in [0.1, 0.15) is 24.5 Å². The molecule has 128 valence electrons. The lowest BCUT2D eigenvalue weighted by Gasteiger charge is -2.22. The Morgan fingerprint density at radius 1 is 1.43 bits per heavy atom. The molecule has 2 unspecified atom stereocenters. The quantitative estimate of drug-likeness (QED) is 0.892. The van der Waals surface area contributed by atoms with Crippen LogP contribution < -0.4 is 5.32 Å². The van der Waals surface area contributed by atoms with Gasteiger partial charge in [-0.3, -0.25) is 0 Å². The van der Waals surface area contributed by atoms with Gasteiger partial charge in [-0.15, -0.1) is 0 Å². The predicted molar refractivity (Wildman–Crippen MR) is 79.9 cm³/mol. The van der Waals surface area contributed by atoms with Gasteiger partial charge in [0.05, 0.1) is 5.56 Å². The van der Waals surface area contributed by atoms with Crippen molar-refractivity contribution in [2.75, 3.05) is 19.7 Å². The number of rotatable bonds is 4. The number of benzene rings is 1. The molecule has 1 saturated heterocycles. The number of carbonyl (C=O) groups is 1. The highest BCUT2D eigenvalue weighted by Crippen LogP contribution is 2.32. The molecular weight excluding hydrogens is 309 g/mol. The summed E-state index contributed by atoms with van der Waals surface area (Å²) in [6, 6.07) is 4.69. The zero-order chi connectivity index (χ0) is 17.0. The Morgan fingerprint density at radius 3 is 2.74 bits per heavy atom. The largest absolute Gasteiger partial charge is 0.416 e. The number of aliphatic hydroxyl groups excluding tert-OH is 1. The van der Waals surface area contributed by atoms with Gasteiger partial charge in [0.2, 0.25) is 0 Å². The molecule has 1 heterocycles. The molecule has 2 N–H and O–H groups in total. The van der Waals surface area contributed by atoms with Crippen LogP contribution in [-0.2, 0) is 12.6 Å². The number of halogens is 3. The van der Waals surface area contributed by atoms with Gasteiger partial charge in [0, 0.05) is 31.7 Å². The van der Waals surface area contributed by atoms with Gasteiger partial charge in [0.1, 0.15) is 0 Å². The maximum Gasteiger partial charge on any atom is 0.416 e.